The van der Waals surface area contributed by atoms with E-state index in [2.05, 4.69) is 28.6 Å². The summed E-state index contributed by atoms with van der Waals surface area (Å²) in [7, 11) is 0. The predicted octanol–water partition coefficient (Wildman–Crippen LogP) is 5.43. The Morgan fingerprint density at radius 1 is 1.12 bits per heavy atom. The third kappa shape index (κ3) is 4.00. The number of pyridine rings is 1. The van der Waals surface area contributed by atoms with Crippen molar-refractivity contribution in [1.82, 2.24) is 4.98 Å². The molecule has 0 aliphatic carbocycles. The second kappa shape index (κ2) is 7.97. The molecule has 3 rings (SSSR count). The highest BCUT2D eigenvalue weighted by atomic mass is 35.5. The van der Waals surface area contributed by atoms with Crippen molar-refractivity contribution in [3.8, 4) is 0 Å². The number of para-hydroxylation sites is 1. The molecule has 0 atom stereocenters. The summed E-state index contributed by atoms with van der Waals surface area (Å²) in [6, 6.07) is 15.5. The Morgan fingerprint density at radius 3 is 2.62 bits per heavy atom. The summed E-state index contributed by atoms with van der Waals surface area (Å²) in [6.45, 7) is 2.08. The standard InChI is InChI=1S/C20H17ClFN3O/c1-2-13-6-3-4-9-17(13)25-18-11-10-14(12-23-18)24-20(26)19-15(21)7-5-8-16(19)22/h3-12H,2H2,1H3,(H,23,25)(H,24,26). The average molecular weight is 370 g/mol. The van der Waals surface area contributed by atoms with Crippen molar-refractivity contribution >= 4 is 34.7 Å². The van der Waals surface area contributed by atoms with E-state index in [1.807, 2.05) is 18.2 Å². The van der Waals surface area contributed by atoms with Crippen molar-refractivity contribution in [1.29, 1.82) is 0 Å². The van der Waals surface area contributed by atoms with Crippen LogP contribution in [0.4, 0.5) is 21.6 Å². The summed E-state index contributed by atoms with van der Waals surface area (Å²) in [4.78, 5) is 16.5. The number of nitrogens with zero attached hydrogens (tertiary/aromatic N) is 1. The normalized spacial score (nSPS) is 10.4. The lowest BCUT2D eigenvalue weighted by molar-refractivity contribution is 0.102. The van der Waals surface area contributed by atoms with Gasteiger partial charge in [-0.1, -0.05) is 42.8 Å². The number of halogens is 2. The molecule has 26 heavy (non-hydrogen) atoms. The van der Waals surface area contributed by atoms with Crippen LogP contribution in [-0.2, 0) is 6.42 Å². The first kappa shape index (κ1) is 17.9. The molecule has 1 aromatic heterocycles. The minimum atomic E-state index is -0.669. The Labute approximate surface area is 156 Å². The number of benzene rings is 2. The van der Waals surface area contributed by atoms with Gasteiger partial charge in [0.05, 0.1) is 22.5 Å². The minimum absolute atomic E-state index is 0.0601. The fourth-order valence-electron chi connectivity index (χ4n) is 2.54. The SMILES string of the molecule is CCc1ccccc1Nc1ccc(NC(=O)c2c(F)cccc2Cl)cn1. The molecule has 0 radical (unpaired) electrons. The maximum absolute atomic E-state index is 13.8. The summed E-state index contributed by atoms with van der Waals surface area (Å²) in [5.74, 6) is -0.642. The lowest BCUT2D eigenvalue weighted by atomic mass is 10.1. The Morgan fingerprint density at radius 2 is 1.92 bits per heavy atom. The van der Waals surface area contributed by atoms with Gasteiger partial charge >= 0.3 is 0 Å². The molecule has 6 heteroatoms. The Hall–Kier alpha value is -2.92. The number of amides is 1. The number of carbonyl (C=O) groups excluding carboxylic acids is 1. The second-order valence-corrected chi connectivity index (χ2v) is 6.03. The van der Waals surface area contributed by atoms with E-state index in [1.54, 1.807) is 12.1 Å². The molecular formula is C20H17ClFN3O. The largest absolute Gasteiger partial charge is 0.340 e. The van der Waals surface area contributed by atoms with Crippen LogP contribution in [0.2, 0.25) is 5.02 Å². The summed E-state index contributed by atoms with van der Waals surface area (Å²) in [5, 5.41) is 5.91. The molecule has 2 aromatic carbocycles. The lowest BCUT2D eigenvalue weighted by Gasteiger charge is -2.11. The van der Waals surface area contributed by atoms with Gasteiger partial charge in [0.1, 0.15) is 11.6 Å². The molecular weight excluding hydrogens is 353 g/mol. The zero-order chi connectivity index (χ0) is 18.5. The molecule has 1 heterocycles. The first-order valence-electron chi connectivity index (χ1n) is 8.15. The van der Waals surface area contributed by atoms with Crippen molar-refractivity contribution in [2.75, 3.05) is 10.6 Å². The zero-order valence-corrected chi connectivity index (χ0v) is 14.8. The van der Waals surface area contributed by atoms with Gasteiger partial charge in [0.25, 0.3) is 5.91 Å². The topological polar surface area (TPSA) is 54.0 Å². The van der Waals surface area contributed by atoms with Crippen molar-refractivity contribution in [3.05, 3.63) is 82.8 Å². The summed E-state index contributed by atoms with van der Waals surface area (Å²) >= 11 is 5.91. The maximum Gasteiger partial charge on any atom is 0.260 e. The van der Waals surface area contributed by atoms with E-state index >= 15 is 0 Å². The van der Waals surface area contributed by atoms with Crippen LogP contribution < -0.4 is 10.6 Å². The molecule has 4 nitrogen and oxygen atoms in total. The summed E-state index contributed by atoms with van der Waals surface area (Å²) < 4.78 is 13.8. The number of aromatic nitrogens is 1. The van der Waals surface area contributed by atoms with E-state index in [1.165, 1.54) is 30.0 Å². The van der Waals surface area contributed by atoms with Gasteiger partial charge in [-0.15, -0.1) is 0 Å². The van der Waals surface area contributed by atoms with Gasteiger partial charge in [-0.05, 0) is 42.3 Å². The highest BCUT2D eigenvalue weighted by Crippen LogP contribution is 2.22. The van der Waals surface area contributed by atoms with Crippen LogP contribution in [0.25, 0.3) is 0 Å². The fourth-order valence-corrected chi connectivity index (χ4v) is 2.79. The van der Waals surface area contributed by atoms with Gasteiger partial charge in [-0.3, -0.25) is 4.79 Å². The summed E-state index contributed by atoms with van der Waals surface area (Å²) in [6.07, 6.45) is 2.41. The van der Waals surface area contributed by atoms with Gasteiger partial charge in [-0.2, -0.15) is 0 Å². The van der Waals surface area contributed by atoms with Crippen LogP contribution in [0.15, 0.2) is 60.8 Å². The van der Waals surface area contributed by atoms with Gasteiger partial charge in [0, 0.05) is 5.69 Å². The molecule has 0 unspecified atom stereocenters. The first-order chi connectivity index (χ1) is 12.6. The van der Waals surface area contributed by atoms with Crippen LogP contribution in [-0.4, -0.2) is 10.9 Å². The third-order valence-corrected chi connectivity index (χ3v) is 4.19. The quantitative estimate of drug-likeness (QED) is 0.630. The molecule has 0 spiro atoms. The van der Waals surface area contributed by atoms with Crippen LogP contribution in [0.5, 0.6) is 0 Å². The number of hydrogen-bond donors (Lipinski definition) is 2. The summed E-state index contributed by atoms with van der Waals surface area (Å²) in [5.41, 5.74) is 2.43. The van der Waals surface area contributed by atoms with E-state index < -0.39 is 11.7 Å². The smallest absolute Gasteiger partial charge is 0.260 e. The average Bonchev–Trinajstić information content (AvgIpc) is 2.63. The van der Waals surface area contributed by atoms with Crippen LogP contribution >= 0.6 is 11.6 Å². The van der Waals surface area contributed by atoms with Gasteiger partial charge in [-0.25, -0.2) is 9.37 Å². The van der Waals surface area contributed by atoms with E-state index in [0.717, 1.165) is 12.1 Å². The van der Waals surface area contributed by atoms with Crippen molar-refractivity contribution < 1.29 is 9.18 Å². The number of carbonyl (C=O) groups is 1. The van der Waals surface area contributed by atoms with Gasteiger partial charge < -0.3 is 10.6 Å². The molecule has 0 fully saturated rings. The van der Waals surface area contributed by atoms with E-state index in [0.29, 0.717) is 11.5 Å². The number of hydrogen-bond acceptors (Lipinski definition) is 3. The van der Waals surface area contributed by atoms with E-state index in [-0.39, 0.29) is 10.6 Å². The highest BCUT2D eigenvalue weighted by molar-refractivity contribution is 6.34. The number of anilines is 3. The molecule has 0 aliphatic heterocycles. The lowest BCUT2D eigenvalue weighted by Crippen LogP contribution is -2.14. The first-order valence-corrected chi connectivity index (χ1v) is 8.52. The molecule has 3 aromatic rings. The molecule has 132 valence electrons. The van der Waals surface area contributed by atoms with Crippen molar-refractivity contribution in [2.45, 2.75) is 13.3 Å². The molecule has 0 saturated carbocycles. The molecule has 0 aliphatic rings. The molecule has 2 N–H and O–H groups in total. The van der Waals surface area contributed by atoms with Gasteiger partial charge in [0.2, 0.25) is 0 Å². The second-order valence-electron chi connectivity index (χ2n) is 5.62. The Balaban J connectivity index is 1.73. The number of rotatable bonds is 5. The monoisotopic (exact) mass is 369 g/mol. The van der Waals surface area contributed by atoms with Crippen LogP contribution in [0.3, 0.4) is 0 Å². The Kier molecular flexibility index (Phi) is 5.49. The third-order valence-electron chi connectivity index (χ3n) is 3.87. The predicted molar refractivity (Wildman–Crippen MR) is 103 cm³/mol. The molecule has 1 amide bonds. The number of nitrogens with one attached hydrogen (secondary N) is 2. The van der Waals surface area contributed by atoms with Crippen LogP contribution in [0.1, 0.15) is 22.8 Å². The highest BCUT2D eigenvalue weighted by Gasteiger charge is 2.16. The Bertz CT molecular complexity index is 908. The van der Waals surface area contributed by atoms with Crippen molar-refractivity contribution in [3.63, 3.8) is 0 Å². The maximum atomic E-state index is 13.8. The van der Waals surface area contributed by atoms with Gasteiger partial charge in [0.15, 0.2) is 0 Å². The fraction of sp³-hybridized carbons (Fsp3) is 0.100. The van der Waals surface area contributed by atoms with Crippen molar-refractivity contribution in [2.24, 2.45) is 0 Å². The number of aryl methyl sites for hydroxylation is 1. The molecule has 0 bridgehead atoms. The molecule has 0 saturated heterocycles. The zero-order valence-electron chi connectivity index (χ0n) is 14.1. The minimum Gasteiger partial charge on any atom is -0.340 e. The van der Waals surface area contributed by atoms with E-state index in [4.69, 9.17) is 11.6 Å². The van der Waals surface area contributed by atoms with E-state index in [9.17, 15) is 9.18 Å². The van der Waals surface area contributed by atoms with Crippen LogP contribution in [0, 0.1) is 5.82 Å².